The summed E-state index contributed by atoms with van der Waals surface area (Å²) < 4.78 is 0. The number of benzene rings is 1. The van der Waals surface area contributed by atoms with E-state index < -0.39 is 41.5 Å². The van der Waals surface area contributed by atoms with Crippen LogP contribution in [-0.2, 0) is 19.2 Å². The monoisotopic (exact) mass is 359 g/mol. The Bertz CT molecular complexity index is 702. The lowest BCUT2D eigenvalue weighted by molar-refractivity contribution is -0.137. The van der Waals surface area contributed by atoms with E-state index in [0.29, 0.717) is 0 Å². The van der Waals surface area contributed by atoms with Crippen LogP contribution in [0, 0.1) is 17.8 Å². The first-order valence-corrected chi connectivity index (χ1v) is 8.70. The lowest BCUT2D eigenvalue weighted by Gasteiger charge is -2.25. The smallest absolute Gasteiger partial charge is 0.238 e. The van der Waals surface area contributed by atoms with Gasteiger partial charge in [0.1, 0.15) is 5.92 Å². The molecule has 0 radical (unpaired) electrons. The number of nitrogens with one attached hydrogen (secondary N) is 2. The number of hydrogen-bond acceptors (Lipinski definition) is 5. The largest absolute Gasteiger partial charge is 0.346 e. The number of nitrogens with two attached hydrogens (primary N) is 1. The Balaban J connectivity index is 2.05. The molecule has 140 valence electrons. The Hall–Kier alpha value is -2.54. The maximum Gasteiger partial charge on any atom is 0.238 e. The number of amides is 3. The van der Waals surface area contributed by atoms with E-state index in [4.69, 9.17) is 5.73 Å². The van der Waals surface area contributed by atoms with Crippen LogP contribution in [0.4, 0.5) is 0 Å². The summed E-state index contributed by atoms with van der Waals surface area (Å²) in [4.78, 5) is 48.7. The first-order chi connectivity index (χ1) is 12.2. The van der Waals surface area contributed by atoms with Gasteiger partial charge in [-0.1, -0.05) is 51.1 Å². The van der Waals surface area contributed by atoms with Gasteiger partial charge >= 0.3 is 0 Å². The van der Waals surface area contributed by atoms with Gasteiger partial charge in [0, 0.05) is 12.5 Å². The van der Waals surface area contributed by atoms with Gasteiger partial charge in [0.25, 0.3) is 0 Å². The van der Waals surface area contributed by atoms with Crippen LogP contribution in [0.25, 0.3) is 0 Å². The molecule has 1 aliphatic heterocycles. The van der Waals surface area contributed by atoms with Gasteiger partial charge in [-0.3, -0.25) is 24.5 Å². The summed E-state index contributed by atoms with van der Waals surface area (Å²) in [6.07, 6.45) is 0.0197. The lowest BCUT2D eigenvalue weighted by atomic mass is 9.85. The van der Waals surface area contributed by atoms with Crippen molar-refractivity contribution >= 4 is 23.5 Å². The number of ketones is 1. The summed E-state index contributed by atoms with van der Waals surface area (Å²) in [5, 5.41) is 4.86. The second-order valence-corrected chi connectivity index (χ2v) is 7.03. The van der Waals surface area contributed by atoms with Crippen LogP contribution in [0.1, 0.15) is 38.8 Å². The third kappa shape index (κ3) is 4.35. The van der Waals surface area contributed by atoms with Crippen molar-refractivity contribution in [3.8, 4) is 0 Å². The van der Waals surface area contributed by atoms with Crippen molar-refractivity contribution in [1.82, 2.24) is 10.6 Å². The Kier molecular flexibility index (Phi) is 6.26. The molecule has 0 aromatic heterocycles. The maximum absolute atomic E-state index is 12.8. The standard InChI is InChI=1S/C19H25N3O4/c1-10(2)16(17(24)15-11(3)18(25)22-19(15)26)21-14(23)9-13(20)12-7-5-4-6-8-12/h4-8,10-11,13,15-16H,9,20H2,1-3H3,(H,21,23)(H,22,25,26)/t11-,13-,15+,16-/m0/s1. The third-order valence-electron chi connectivity index (χ3n) is 4.67. The van der Waals surface area contributed by atoms with E-state index in [1.165, 1.54) is 6.92 Å². The molecule has 0 spiro atoms. The summed E-state index contributed by atoms with van der Waals surface area (Å²) in [7, 11) is 0. The fourth-order valence-corrected chi connectivity index (χ4v) is 3.08. The van der Waals surface area contributed by atoms with Crippen LogP contribution >= 0.6 is 0 Å². The first-order valence-electron chi connectivity index (χ1n) is 8.70. The molecule has 2 rings (SSSR count). The SMILES string of the molecule is CC(C)[C@H](NC(=O)C[C@H](N)c1ccccc1)C(=O)[C@@H]1C(=O)NC(=O)[C@H]1C. The molecular formula is C19H25N3O4. The van der Waals surface area contributed by atoms with Crippen LogP contribution in [0.5, 0.6) is 0 Å². The molecule has 0 saturated carbocycles. The van der Waals surface area contributed by atoms with Crippen molar-refractivity contribution in [2.24, 2.45) is 23.5 Å². The molecule has 3 amide bonds. The summed E-state index contributed by atoms with van der Waals surface area (Å²) in [6.45, 7) is 5.09. The molecular weight excluding hydrogens is 334 g/mol. The number of Topliss-reactive ketones (excluding diaryl/α,β-unsaturated/α-hetero) is 1. The highest BCUT2D eigenvalue weighted by atomic mass is 16.2. The molecule has 1 aliphatic rings. The summed E-state index contributed by atoms with van der Waals surface area (Å²) in [6, 6.07) is 7.86. The van der Waals surface area contributed by atoms with Crippen LogP contribution in [-0.4, -0.2) is 29.5 Å². The zero-order valence-electron chi connectivity index (χ0n) is 15.2. The number of imide groups is 1. The molecule has 1 aromatic rings. The normalized spacial score (nSPS) is 22.0. The average molecular weight is 359 g/mol. The van der Waals surface area contributed by atoms with E-state index in [2.05, 4.69) is 10.6 Å². The predicted octanol–water partition coefficient (Wildman–Crippen LogP) is 0.695. The average Bonchev–Trinajstić information content (AvgIpc) is 2.85. The molecule has 1 heterocycles. The highest BCUT2D eigenvalue weighted by Gasteiger charge is 2.46. The molecule has 0 unspecified atom stereocenters. The zero-order valence-corrected chi connectivity index (χ0v) is 15.2. The predicted molar refractivity (Wildman–Crippen MR) is 95.6 cm³/mol. The van der Waals surface area contributed by atoms with E-state index in [-0.39, 0.29) is 18.2 Å². The van der Waals surface area contributed by atoms with Crippen molar-refractivity contribution in [2.75, 3.05) is 0 Å². The van der Waals surface area contributed by atoms with Gasteiger partial charge in [0.15, 0.2) is 5.78 Å². The lowest BCUT2D eigenvalue weighted by Crippen LogP contribution is -2.49. The Morgan fingerprint density at radius 3 is 2.27 bits per heavy atom. The van der Waals surface area contributed by atoms with Crippen molar-refractivity contribution in [1.29, 1.82) is 0 Å². The fraction of sp³-hybridized carbons (Fsp3) is 0.474. The highest BCUT2D eigenvalue weighted by Crippen LogP contribution is 2.23. The molecule has 0 aliphatic carbocycles. The molecule has 1 saturated heterocycles. The molecule has 4 N–H and O–H groups in total. The summed E-state index contributed by atoms with van der Waals surface area (Å²) in [5.41, 5.74) is 6.88. The molecule has 1 aromatic carbocycles. The molecule has 0 bridgehead atoms. The molecule has 4 atom stereocenters. The van der Waals surface area contributed by atoms with Gasteiger partial charge in [-0.2, -0.15) is 0 Å². The van der Waals surface area contributed by atoms with Crippen LogP contribution in [0.15, 0.2) is 30.3 Å². The second kappa shape index (κ2) is 8.23. The van der Waals surface area contributed by atoms with E-state index in [0.717, 1.165) is 5.56 Å². The van der Waals surface area contributed by atoms with Gasteiger partial charge in [-0.05, 0) is 11.5 Å². The van der Waals surface area contributed by atoms with Gasteiger partial charge in [-0.15, -0.1) is 0 Å². The Labute approximate surface area is 152 Å². The summed E-state index contributed by atoms with van der Waals surface area (Å²) >= 11 is 0. The van der Waals surface area contributed by atoms with Crippen LogP contribution < -0.4 is 16.4 Å². The minimum Gasteiger partial charge on any atom is -0.346 e. The van der Waals surface area contributed by atoms with Gasteiger partial charge in [-0.25, -0.2) is 0 Å². The van der Waals surface area contributed by atoms with Gasteiger partial charge < -0.3 is 11.1 Å². The maximum atomic E-state index is 12.8. The molecule has 7 heteroatoms. The quantitative estimate of drug-likeness (QED) is 0.489. The number of hydrogen-bond donors (Lipinski definition) is 3. The van der Waals surface area contributed by atoms with Crippen molar-refractivity contribution in [3.05, 3.63) is 35.9 Å². The molecule has 26 heavy (non-hydrogen) atoms. The minimum atomic E-state index is -1.07. The van der Waals surface area contributed by atoms with Crippen LogP contribution in [0.3, 0.4) is 0 Å². The summed E-state index contributed by atoms with van der Waals surface area (Å²) in [5.74, 6) is -3.92. The second-order valence-electron chi connectivity index (χ2n) is 7.03. The number of carbonyl (C=O) groups excluding carboxylic acids is 4. The number of rotatable bonds is 7. The Morgan fingerprint density at radius 2 is 1.77 bits per heavy atom. The van der Waals surface area contributed by atoms with Crippen LogP contribution in [0.2, 0.25) is 0 Å². The molecule has 7 nitrogen and oxygen atoms in total. The van der Waals surface area contributed by atoms with Crippen molar-refractivity contribution < 1.29 is 19.2 Å². The van der Waals surface area contributed by atoms with E-state index in [9.17, 15) is 19.2 Å². The van der Waals surface area contributed by atoms with Gasteiger partial charge in [0.2, 0.25) is 17.7 Å². The minimum absolute atomic E-state index is 0.0197. The molecule has 1 fully saturated rings. The Morgan fingerprint density at radius 1 is 1.15 bits per heavy atom. The van der Waals surface area contributed by atoms with Crippen molar-refractivity contribution in [3.63, 3.8) is 0 Å². The number of carbonyl (C=O) groups is 4. The topological polar surface area (TPSA) is 118 Å². The first kappa shape index (κ1) is 19.8. The van der Waals surface area contributed by atoms with E-state index >= 15 is 0 Å². The van der Waals surface area contributed by atoms with Gasteiger partial charge in [0.05, 0.1) is 12.0 Å². The van der Waals surface area contributed by atoms with E-state index in [1.54, 1.807) is 13.8 Å². The zero-order chi connectivity index (χ0) is 19.4. The highest BCUT2D eigenvalue weighted by molar-refractivity contribution is 6.16. The third-order valence-corrected chi connectivity index (χ3v) is 4.67. The van der Waals surface area contributed by atoms with Crippen molar-refractivity contribution in [2.45, 2.75) is 39.3 Å². The fourth-order valence-electron chi connectivity index (χ4n) is 3.08. The van der Waals surface area contributed by atoms with E-state index in [1.807, 2.05) is 30.3 Å².